The number of rotatable bonds is 5. The number of aromatic nitrogens is 1. The van der Waals surface area contributed by atoms with Crippen molar-refractivity contribution in [2.75, 3.05) is 18.6 Å². The molecule has 19 heavy (non-hydrogen) atoms. The number of hydrogen-bond acceptors (Lipinski definition) is 6. The summed E-state index contributed by atoms with van der Waals surface area (Å²) in [7, 11) is -3.65. The number of hydrazine groups is 1. The number of anilines is 1. The lowest BCUT2D eigenvalue weighted by Gasteiger charge is -2.19. The summed E-state index contributed by atoms with van der Waals surface area (Å²) in [5.41, 5.74) is 2.68. The molecular formula is C11H18N4O3S. The number of pyridine rings is 1. The second kappa shape index (κ2) is 5.83. The maximum Gasteiger partial charge on any atom is 0.244 e. The maximum absolute atomic E-state index is 12.3. The molecule has 1 aliphatic rings. The quantitative estimate of drug-likeness (QED) is 0.522. The normalized spacial score (nSPS) is 21.3. The summed E-state index contributed by atoms with van der Waals surface area (Å²) in [6.45, 7) is 3.10. The summed E-state index contributed by atoms with van der Waals surface area (Å²) in [5.74, 6) is 5.51. The molecule has 2 atom stereocenters. The van der Waals surface area contributed by atoms with Crippen LogP contribution < -0.4 is 16.0 Å². The minimum Gasteiger partial charge on any atom is -0.381 e. The second-order valence-electron chi connectivity index (χ2n) is 4.55. The van der Waals surface area contributed by atoms with Crippen molar-refractivity contribution in [3.8, 4) is 0 Å². The van der Waals surface area contributed by atoms with Crippen LogP contribution in [0.25, 0.3) is 0 Å². The van der Waals surface area contributed by atoms with E-state index in [-0.39, 0.29) is 16.9 Å². The molecule has 2 rings (SSSR count). The summed E-state index contributed by atoms with van der Waals surface area (Å²) < 4.78 is 32.5. The Morgan fingerprint density at radius 2 is 2.37 bits per heavy atom. The van der Waals surface area contributed by atoms with Crippen LogP contribution in [0.2, 0.25) is 0 Å². The number of sulfonamides is 1. The lowest BCUT2D eigenvalue weighted by Crippen LogP contribution is -2.38. The Bertz CT molecular complexity index is 528. The predicted octanol–water partition coefficient (Wildman–Crippen LogP) is 0.0705. The van der Waals surface area contributed by atoms with Gasteiger partial charge < -0.3 is 10.2 Å². The molecule has 2 heterocycles. The van der Waals surface area contributed by atoms with Gasteiger partial charge in [0, 0.05) is 31.0 Å². The Balaban J connectivity index is 2.17. The van der Waals surface area contributed by atoms with Crippen LogP contribution in [-0.2, 0) is 14.8 Å². The zero-order chi connectivity index (χ0) is 13.9. The molecule has 0 saturated carbocycles. The molecular weight excluding hydrogens is 268 g/mol. The summed E-state index contributed by atoms with van der Waals surface area (Å²) in [6, 6.07) is 1.32. The standard InChI is InChI=1S/C11H18N4O3S/c1-8(9-3-5-18-7-9)15-19(16,17)11-6-13-4-2-10(11)14-12/h2,4,6,8-9,15H,3,5,7,12H2,1H3,(H,13,14). The van der Waals surface area contributed by atoms with Gasteiger partial charge in [-0.25, -0.2) is 13.1 Å². The molecule has 2 unspecified atom stereocenters. The monoisotopic (exact) mass is 286 g/mol. The van der Waals surface area contributed by atoms with Gasteiger partial charge in [-0.3, -0.25) is 10.8 Å². The first-order valence-electron chi connectivity index (χ1n) is 6.05. The molecule has 1 saturated heterocycles. The highest BCUT2D eigenvalue weighted by atomic mass is 32.2. The largest absolute Gasteiger partial charge is 0.381 e. The average molecular weight is 286 g/mol. The third-order valence-corrected chi connectivity index (χ3v) is 4.83. The Hall–Kier alpha value is -1.22. The first kappa shape index (κ1) is 14.2. The van der Waals surface area contributed by atoms with E-state index in [1.165, 1.54) is 18.5 Å². The zero-order valence-corrected chi connectivity index (χ0v) is 11.5. The van der Waals surface area contributed by atoms with Gasteiger partial charge in [-0.2, -0.15) is 0 Å². The van der Waals surface area contributed by atoms with E-state index in [1.54, 1.807) is 0 Å². The van der Waals surface area contributed by atoms with Crippen LogP contribution in [0.5, 0.6) is 0 Å². The number of nitrogens with two attached hydrogens (primary N) is 1. The zero-order valence-electron chi connectivity index (χ0n) is 10.7. The van der Waals surface area contributed by atoms with Gasteiger partial charge in [0.05, 0.1) is 12.3 Å². The minimum absolute atomic E-state index is 0.0447. The van der Waals surface area contributed by atoms with Crippen molar-refractivity contribution in [3.63, 3.8) is 0 Å². The SMILES string of the molecule is CC(NS(=O)(=O)c1cnccc1NN)C1CCOC1. The van der Waals surface area contributed by atoms with Crippen molar-refractivity contribution in [2.24, 2.45) is 11.8 Å². The Morgan fingerprint density at radius 3 is 3.00 bits per heavy atom. The number of hydrogen-bond donors (Lipinski definition) is 3. The third-order valence-electron chi connectivity index (χ3n) is 3.24. The van der Waals surface area contributed by atoms with Crippen LogP contribution in [0.4, 0.5) is 5.69 Å². The molecule has 1 aromatic rings. The van der Waals surface area contributed by atoms with Crippen molar-refractivity contribution in [1.82, 2.24) is 9.71 Å². The van der Waals surface area contributed by atoms with Crippen molar-refractivity contribution >= 4 is 15.7 Å². The van der Waals surface area contributed by atoms with Gasteiger partial charge in [0.25, 0.3) is 0 Å². The highest BCUT2D eigenvalue weighted by molar-refractivity contribution is 7.89. The molecule has 0 bridgehead atoms. The number of nitrogen functional groups attached to an aromatic ring is 1. The summed E-state index contributed by atoms with van der Waals surface area (Å²) in [4.78, 5) is 3.87. The highest BCUT2D eigenvalue weighted by Crippen LogP contribution is 2.21. The van der Waals surface area contributed by atoms with E-state index in [9.17, 15) is 8.42 Å². The van der Waals surface area contributed by atoms with Crippen LogP contribution in [-0.4, -0.2) is 32.7 Å². The molecule has 7 nitrogen and oxygen atoms in total. The molecule has 8 heteroatoms. The number of nitrogens with one attached hydrogen (secondary N) is 2. The van der Waals surface area contributed by atoms with Crippen LogP contribution in [0.3, 0.4) is 0 Å². The van der Waals surface area contributed by atoms with Gasteiger partial charge in [-0.1, -0.05) is 0 Å². The van der Waals surface area contributed by atoms with E-state index >= 15 is 0 Å². The van der Waals surface area contributed by atoms with Crippen LogP contribution >= 0.6 is 0 Å². The van der Waals surface area contributed by atoms with Gasteiger partial charge in [-0.15, -0.1) is 0 Å². The molecule has 1 aliphatic heterocycles. The average Bonchev–Trinajstić information content (AvgIpc) is 2.92. The molecule has 0 amide bonds. The highest BCUT2D eigenvalue weighted by Gasteiger charge is 2.28. The van der Waals surface area contributed by atoms with Crippen molar-refractivity contribution in [1.29, 1.82) is 0 Å². The van der Waals surface area contributed by atoms with Crippen molar-refractivity contribution in [2.45, 2.75) is 24.3 Å². The van der Waals surface area contributed by atoms with Crippen LogP contribution in [0, 0.1) is 5.92 Å². The molecule has 0 spiro atoms. The summed E-state index contributed by atoms with van der Waals surface area (Å²) in [6.07, 6.45) is 3.61. The molecule has 0 aromatic carbocycles. The smallest absolute Gasteiger partial charge is 0.244 e. The van der Waals surface area contributed by atoms with Crippen molar-refractivity contribution < 1.29 is 13.2 Å². The third kappa shape index (κ3) is 3.21. The van der Waals surface area contributed by atoms with E-state index in [2.05, 4.69) is 15.1 Å². The van der Waals surface area contributed by atoms with E-state index in [0.29, 0.717) is 18.9 Å². The Morgan fingerprint density at radius 1 is 1.58 bits per heavy atom. The minimum atomic E-state index is -3.65. The first-order valence-corrected chi connectivity index (χ1v) is 7.53. The number of ether oxygens (including phenoxy) is 1. The molecule has 1 fully saturated rings. The molecule has 0 aliphatic carbocycles. The summed E-state index contributed by atoms with van der Waals surface area (Å²) >= 11 is 0. The van der Waals surface area contributed by atoms with Gasteiger partial charge in [0.2, 0.25) is 10.0 Å². The Kier molecular flexibility index (Phi) is 4.35. The van der Waals surface area contributed by atoms with E-state index < -0.39 is 10.0 Å². The van der Waals surface area contributed by atoms with Gasteiger partial charge in [0.15, 0.2) is 0 Å². The van der Waals surface area contributed by atoms with Crippen LogP contribution in [0.1, 0.15) is 13.3 Å². The lowest BCUT2D eigenvalue weighted by atomic mass is 10.0. The summed E-state index contributed by atoms with van der Waals surface area (Å²) in [5, 5.41) is 0. The first-order chi connectivity index (χ1) is 9.04. The van der Waals surface area contributed by atoms with E-state index in [4.69, 9.17) is 10.6 Å². The van der Waals surface area contributed by atoms with E-state index in [1.807, 2.05) is 6.92 Å². The molecule has 1 aromatic heterocycles. The molecule has 0 radical (unpaired) electrons. The lowest BCUT2D eigenvalue weighted by molar-refractivity contribution is 0.180. The van der Waals surface area contributed by atoms with Crippen LogP contribution in [0.15, 0.2) is 23.4 Å². The maximum atomic E-state index is 12.3. The van der Waals surface area contributed by atoms with Gasteiger partial charge >= 0.3 is 0 Å². The molecule has 4 N–H and O–H groups in total. The van der Waals surface area contributed by atoms with Gasteiger partial charge in [0.1, 0.15) is 4.90 Å². The topological polar surface area (TPSA) is 106 Å². The van der Waals surface area contributed by atoms with Crippen molar-refractivity contribution in [3.05, 3.63) is 18.5 Å². The molecule has 106 valence electrons. The van der Waals surface area contributed by atoms with Gasteiger partial charge in [-0.05, 0) is 19.4 Å². The van der Waals surface area contributed by atoms with E-state index in [0.717, 1.165) is 6.42 Å². The fourth-order valence-corrected chi connectivity index (χ4v) is 3.49. The fourth-order valence-electron chi connectivity index (χ4n) is 2.06. The second-order valence-corrected chi connectivity index (χ2v) is 6.23. The number of nitrogens with zero attached hydrogens (tertiary/aromatic N) is 1. The fraction of sp³-hybridized carbons (Fsp3) is 0.545. The Labute approximate surface area is 112 Å². The predicted molar refractivity (Wildman–Crippen MR) is 70.8 cm³/mol.